The fraction of sp³-hybridized carbons (Fsp3) is 0.600. The molecule has 4 bridgehead atoms. The van der Waals surface area contributed by atoms with Crippen molar-refractivity contribution in [3.8, 4) is 0 Å². The Morgan fingerprint density at radius 2 is 1.82 bits per heavy atom. The number of hydrogen-bond acceptors (Lipinski definition) is 5. The first-order valence-corrected chi connectivity index (χ1v) is 13.3. The zero-order chi connectivity index (χ0) is 22.6. The third-order valence-electron chi connectivity index (χ3n) is 7.99. The van der Waals surface area contributed by atoms with Gasteiger partial charge in [-0.15, -0.1) is 10.2 Å². The van der Waals surface area contributed by atoms with Crippen LogP contribution in [-0.4, -0.2) is 36.4 Å². The molecule has 0 aliphatic heterocycles. The minimum Gasteiger partial charge on any atom is -0.350 e. The summed E-state index contributed by atoms with van der Waals surface area (Å²) in [5.74, 6) is 3.35. The molecular formula is C25H31N5O2S. The van der Waals surface area contributed by atoms with E-state index in [0.29, 0.717) is 28.6 Å². The van der Waals surface area contributed by atoms with Gasteiger partial charge in [-0.25, -0.2) is 0 Å². The van der Waals surface area contributed by atoms with Crippen molar-refractivity contribution in [3.63, 3.8) is 0 Å². The van der Waals surface area contributed by atoms with Crippen LogP contribution in [-0.2, 0) is 11.3 Å². The minimum atomic E-state index is -0.0324. The smallest absolute Gasteiger partial charge is 0.262 e. The monoisotopic (exact) mass is 465 g/mol. The number of aromatic nitrogens is 4. The lowest BCUT2D eigenvalue weighted by molar-refractivity contribution is -0.124. The zero-order valence-electron chi connectivity index (χ0n) is 19.1. The molecule has 0 spiro atoms. The van der Waals surface area contributed by atoms with E-state index in [-0.39, 0.29) is 17.0 Å². The Kier molecular flexibility index (Phi) is 5.24. The predicted molar refractivity (Wildman–Crippen MR) is 129 cm³/mol. The molecular weight excluding hydrogens is 434 g/mol. The van der Waals surface area contributed by atoms with Crippen molar-refractivity contribution in [2.45, 2.75) is 75.5 Å². The van der Waals surface area contributed by atoms with Crippen LogP contribution in [0.5, 0.6) is 0 Å². The summed E-state index contributed by atoms with van der Waals surface area (Å²) >= 11 is 1.41. The van der Waals surface area contributed by atoms with E-state index in [1.54, 1.807) is 4.57 Å². The maximum atomic E-state index is 13.1. The number of rotatable bonds is 7. The van der Waals surface area contributed by atoms with Gasteiger partial charge in [0, 0.05) is 12.1 Å². The summed E-state index contributed by atoms with van der Waals surface area (Å²) in [6, 6.07) is 7.59. The van der Waals surface area contributed by atoms with Gasteiger partial charge in [0.25, 0.3) is 5.56 Å². The number of thioether (sulfide) groups is 1. The third kappa shape index (κ3) is 3.66. The summed E-state index contributed by atoms with van der Waals surface area (Å²) < 4.78 is 3.66. The van der Waals surface area contributed by atoms with Gasteiger partial charge in [0.1, 0.15) is 0 Å². The van der Waals surface area contributed by atoms with E-state index >= 15 is 0 Å². The first-order valence-electron chi connectivity index (χ1n) is 12.4. The zero-order valence-corrected chi connectivity index (χ0v) is 19.9. The number of nitrogens with one attached hydrogen (secondary N) is 1. The molecule has 4 fully saturated rings. The van der Waals surface area contributed by atoms with Crippen molar-refractivity contribution in [2.75, 3.05) is 5.75 Å². The molecule has 8 heteroatoms. The molecule has 174 valence electrons. The Balaban J connectivity index is 1.26. The van der Waals surface area contributed by atoms with Crippen molar-refractivity contribution in [2.24, 2.45) is 17.8 Å². The fourth-order valence-corrected chi connectivity index (χ4v) is 7.81. The lowest BCUT2D eigenvalue weighted by Gasteiger charge is -2.56. The second-order valence-corrected chi connectivity index (χ2v) is 11.4. The average Bonchev–Trinajstić information content (AvgIpc) is 3.20. The second-order valence-electron chi connectivity index (χ2n) is 10.5. The van der Waals surface area contributed by atoms with Gasteiger partial charge in [0.15, 0.2) is 5.16 Å². The van der Waals surface area contributed by atoms with Crippen molar-refractivity contribution >= 4 is 34.3 Å². The van der Waals surface area contributed by atoms with Crippen LogP contribution in [0, 0.1) is 17.8 Å². The van der Waals surface area contributed by atoms with E-state index in [1.165, 1.54) is 31.0 Å². The highest BCUT2D eigenvalue weighted by Crippen LogP contribution is 2.55. The summed E-state index contributed by atoms with van der Waals surface area (Å²) in [4.78, 5) is 26.1. The van der Waals surface area contributed by atoms with Crippen molar-refractivity contribution < 1.29 is 4.79 Å². The van der Waals surface area contributed by atoms with E-state index in [9.17, 15) is 9.59 Å². The first kappa shape index (κ1) is 21.2. The van der Waals surface area contributed by atoms with Crippen LogP contribution in [0.25, 0.3) is 16.7 Å². The number of para-hydroxylation sites is 1. The number of unbranched alkanes of at least 4 members (excludes halogenated alkanes) is 1. The molecule has 0 saturated heterocycles. The standard InChI is InChI=1S/C25H31N5O2S/c1-2-3-8-29-22(32)19-6-4-5-7-20(19)30-23(29)27-28-24(30)33-15-21(31)26-25-12-16-9-17(13-25)11-18(10-16)14-25/h4-7,16-18H,2-3,8-15H2,1H3,(H,26,31). The molecule has 2 heterocycles. The van der Waals surface area contributed by atoms with Crippen LogP contribution >= 0.6 is 11.8 Å². The molecule has 7 rings (SSSR count). The molecule has 3 aromatic rings. The van der Waals surface area contributed by atoms with Gasteiger partial charge in [-0.05, 0) is 74.8 Å². The summed E-state index contributed by atoms with van der Waals surface area (Å²) in [7, 11) is 0. The normalized spacial score (nSPS) is 28.1. The largest absolute Gasteiger partial charge is 0.350 e. The Bertz CT molecular complexity index is 1240. The van der Waals surface area contributed by atoms with E-state index in [0.717, 1.165) is 55.4 Å². The van der Waals surface area contributed by atoms with Gasteiger partial charge in [0.2, 0.25) is 11.7 Å². The maximum absolute atomic E-state index is 13.1. The fourth-order valence-electron chi connectivity index (χ4n) is 7.07. The lowest BCUT2D eigenvalue weighted by Crippen LogP contribution is -2.60. The Hall–Kier alpha value is -2.35. The van der Waals surface area contributed by atoms with Crippen LogP contribution in [0.15, 0.2) is 34.2 Å². The van der Waals surface area contributed by atoms with Crippen molar-refractivity contribution in [1.82, 2.24) is 24.5 Å². The SMILES string of the molecule is CCCCn1c(=O)c2ccccc2n2c(SCC(=O)NC34CC5CC(CC(C5)C3)C4)nnc12. The molecule has 4 aliphatic rings. The molecule has 4 saturated carbocycles. The number of carbonyl (C=O) groups excluding carboxylic acids is 1. The van der Waals surface area contributed by atoms with Gasteiger partial charge in [0.05, 0.1) is 16.7 Å². The molecule has 0 unspecified atom stereocenters. The molecule has 1 aromatic carbocycles. The number of carbonyl (C=O) groups is 1. The number of fused-ring (bicyclic) bond motifs is 3. The quantitative estimate of drug-likeness (QED) is 0.533. The molecule has 4 aliphatic carbocycles. The minimum absolute atomic E-state index is 0.0205. The molecule has 1 amide bonds. The van der Waals surface area contributed by atoms with Crippen LogP contribution in [0.1, 0.15) is 58.3 Å². The molecule has 7 nitrogen and oxygen atoms in total. The Labute approximate surface area is 197 Å². The Morgan fingerprint density at radius 1 is 1.12 bits per heavy atom. The van der Waals surface area contributed by atoms with E-state index < -0.39 is 0 Å². The first-order chi connectivity index (χ1) is 16.0. The second kappa shape index (κ2) is 8.15. The van der Waals surface area contributed by atoms with Crippen LogP contribution in [0.4, 0.5) is 0 Å². The van der Waals surface area contributed by atoms with Gasteiger partial charge in [-0.1, -0.05) is 37.2 Å². The number of aryl methyl sites for hydroxylation is 1. The highest BCUT2D eigenvalue weighted by molar-refractivity contribution is 7.99. The third-order valence-corrected chi connectivity index (χ3v) is 8.92. The van der Waals surface area contributed by atoms with E-state index in [2.05, 4.69) is 22.4 Å². The lowest BCUT2D eigenvalue weighted by atomic mass is 9.53. The Morgan fingerprint density at radius 3 is 2.52 bits per heavy atom. The summed E-state index contributed by atoms with van der Waals surface area (Å²) in [6.45, 7) is 2.72. The molecule has 0 radical (unpaired) electrons. The number of hydrogen-bond donors (Lipinski definition) is 1. The van der Waals surface area contributed by atoms with Crippen LogP contribution in [0.3, 0.4) is 0 Å². The van der Waals surface area contributed by atoms with Gasteiger partial charge in [-0.2, -0.15) is 0 Å². The summed E-state index contributed by atoms with van der Waals surface area (Å²) in [5.41, 5.74) is 0.779. The number of benzene rings is 1. The average molecular weight is 466 g/mol. The van der Waals surface area contributed by atoms with Crippen LogP contribution in [0.2, 0.25) is 0 Å². The maximum Gasteiger partial charge on any atom is 0.262 e. The highest BCUT2D eigenvalue weighted by Gasteiger charge is 2.51. The predicted octanol–water partition coefficient (Wildman–Crippen LogP) is 4.02. The molecule has 0 atom stereocenters. The number of amides is 1. The van der Waals surface area contributed by atoms with Crippen molar-refractivity contribution in [3.05, 3.63) is 34.6 Å². The highest BCUT2D eigenvalue weighted by atomic mass is 32.2. The van der Waals surface area contributed by atoms with E-state index in [4.69, 9.17) is 0 Å². The topological polar surface area (TPSA) is 81.3 Å². The molecule has 1 N–H and O–H groups in total. The summed E-state index contributed by atoms with van der Waals surface area (Å²) in [6.07, 6.45) is 9.43. The van der Waals surface area contributed by atoms with Gasteiger partial charge < -0.3 is 5.32 Å². The summed E-state index contributed by atoms with van der Waals surface area (Å²) in [5, 5.41) is 13.5. The van der Waals surface area contributed by atoms with Crippen LogP contribution < -0.4 is 10.9 Å². The molecule has 2 aromatic heterocycles. The van der Waals surface area contributed by atoms with Gasteiger partial charge in [-0.3, -0.25) is 18.6 Å². The number of nitrogens with zero attached hydrogens (tertiary/aromatic N) is 4. The van der Waals surface area contributed by atoms with E-state index in [1.807, 2.05) is 28.7 Å². The van der Waals surface area contributed by atoms with Gasteiger partial charge >= 0.3 is 0 Å². The molecule has 33 heavy (non-hydrogen) atoms. The van der Waals surface area contributed by atoms with Crippen molar-refractivity contribution in [1.29, 1.82) is 0 Å².